The summed E-state index contributed by atoms with van der Waals surface area (Å²) < 4.78 is 0. The largest absolute Gasteiger partial charge is 0.512 e. The van der Waals surface area contributed by atoms with Gasteiger partial charge in [-0.1, -0.05) is 31.2 Å². The first-order chi connectivity index (χ1) is 11.5. The Labute approximate surface area is 161 Å². The molecule has 0 fully saturated rings. The number of carbonyl (C=O) groups excluding carboxylic acids is 1. The maximum absolute atomic E-state index is 10.0. The predicted octanol–water partition coefficient (Wildman–Crippen LogP) is 5.05. The van der Waals surface area contributed by atoms with Crippen molar-refractivity contribution in [1.82, 2.24) is 4.98 Å². The van der Waals surface area contributed by atoms with Crippen LogP contribution in [0, 0.1) is 13.0 Å². The first-order valence-electron chi connectivity index (χ1n) is 7.67. The minimum absolute atomic E-state index is 0. The molecule has 0 amide bonds. The third-order valence-electron chi connectivity index (χ3n) is 3.30. The van der Waals surface area contributed by atoms with Crippen LogP contribution in [0.3, 0.4) is 0 Å². The predicted molar refractivity (Wildman–Crippen MR) is 97.8 cm³/mol. The Morgan fingerprint density at radius 3 is 2.48 bits per heavy atom. The maximum Gasteiger partial charge on any atom is 0.155 e. The molecule has 0 aliphatic heterocycles. The van der Waals surface area contributed by atoms with Gasteiger partial charge in [-0.2, -0.15) is 0 Å². The van der Waals surface area contributed by atoms with Crippen LogP contribution in [0.15, 0.2) is 66.6 Å². The molecule has 0 aliphatic rings. The molecule has 4 heteroatoms. The van der Waals surface area contributed by atoms with E-state index in [1.54, 1.807) is 0 Å². The van der Waals surface area contributed by atoms with Crippen molar-refractivity contribution in [2.45, 2.75) is 20.8 Å². The minimum atomic E-state index is -0.125. The van der Waals surface area contributed by atoms with E-state index in [0.29, 0.717) is 0 Å². The second kappa shape index (κ2) is 9.87. The van der Waals surface area contributed by atoms with Gasteiger partial charge in [0.05, 0.1) is 5.76 Å². The van der Waals surface area contributed by atoms with Crippen molar-refractivity contribution in [1.29, 1.82) is 0 Å². The van der Waals surface area contributed by atoms with Crippen LogP contribution in [0.5, 0.6) is 0 Å². The average Bonchev–Trinajstić information content (AvgIpc) is 2.53. The van der Waals surface area contributed by atoms with Gasteiger partial charge in [0.25, 0.3) is 0 Å². The van der Waals surface area contributed by atoms with Crippen LogP contribution in [0.2, 0.25) is 0 Å². The third kappa shape index (κ3) is 6.26. The molecule has 3 rings (SSSR count). The number of rotatable bonds is 2. The molecular weight excluding hydrogens is 490 g/mol. The van der Waals surface area contributed by atoms with E-state index in [9.17, 15) is 4.79 Å². The van der Waals surface area contributed by atoms with Gasteiger partial charge in [-0.15, -0.1) is 35.4 Å². The second-order valence-electron chi connectivity index (χ2n) is 5.56. The number of hydrogen-bond acceptors (Lipinski definition) is 3. The van der Waals surface area contributed by atoms with Crippen molar-refractivity contribution in [3.05, 3.63) is 78.2 Å². The quantitative estimate of drug-likeness (QED) is 0.298. The number of fused-ring (bicyclic) bond motifs is 1. The third-order valence-corrected chi connectivity index (χ3v) is 3.30. The summed E-state index contributed by atoms with van der Waals surface area (Å²) in [6.45, 7) is 4.93. The molecule has 2 aromatic carbocycles. The maximum atomic E-state index is 10.0. The zero-order valence-corrected chi connectivity index (χ0v) is 16.8. The van der Waals surface area contributed by atoms with Gasteiger partial charge in [-0.25, -0.2) is 0 Å². The summed E-state index contributed by atoms with van der Waals surface area (Å²) >= 11 is 0. The van der Waals surface area contributed by atoms with Gasteiger partial charge in [0.2, 0.25) is 0 Å². The molecule has 0 spiro atoms. The smallest absolute Gasteiger partial charge is 0.155 e. The van der Waals surface area contributed by atoms with Crippen molar-refractivity contribution >= 4 is 16.6 Å². The number of ketones is 1. The number of aliphatic hydroxyl groups excluding tert-OH is 1. The number of aliphatic hydroxyl groups is 1. The molecule has 1 radical (unpaired) electrons. The molecule has 25 heavy (non-hydrogen) atoms. The van der Waals surface area contributed by atoms with Gasteiger partial charge in [-0.05, 0) is 36.4 Å². The molecule has 0 bridgehead atoms. The Hall–Kier alpha value is -2.29. The zero-order valence-electron chi connectivity index (χ0n) is 14.4. The summed E-state index contributed by atoms with van der Waals surface area (Å²) in [6.07, 6.45) is 3.02. The van der Waals surface area contributed by atoms with Crippen LogP contribution < -0.4 is 0 Å². The Morgan fingerprint density at radius 2 is 1.88 bits per heavy atom. The molecule has 0 atom stereocenters. The number of hydrogen-bond donors (Lipinski definition) is 1. The van der Waals surface area contributed by atoms with Gasteiger partial charge in [0.15, 0.2) is 5.78 Å². The second-order valence-corrected chi connectivity index (χ2v) is 5.56. The average molecular weight is 511 g/mol. The Morgan fingerprint density at radius 1 is 1.16 bits per heavy atom. The summed E-state index contributed by atoms with van der Waals surface area (Å²) in [5, 5.41) is 10.8. The van der Waals surface area contributed by atoms with Crippen LogP contribution in [-0.2, 0) is 24.9 Å². The molecule has 1 aromatic heterocycles. The van der Waals surface area contributed by atoms with Crippen LogP contribution in [-0.4, -0.2) is 15.9 Å². The number of aromatic nitrogens is 1. The van der Waals surface area contributed by atoms with Crippen LogP contribution >= 0.6 is 0 Å². The van der Waals surface area contributed by atoms with E-state index in [2.05, 4.69) is 42.2 Å². The first-order valence-corrected chi connectivity index (χ1v) is 7.67. The molecule has 1 N–H and O–H groups in total. The fourth-order valence-electron chi connectivity index (χ4n) is 2.35. The monoisotopic (exact) mass is 511 g/mol. The van der Waals surface area contributed by atoms with Crippen LogP contribution in [0.1, 0.15) is 19.4 Å². The zero-order chi connectivity index (χ0) is 17.5. The SMILES string of the molecule is CC(=O)C=C(C)O.Cc1cc[c-]c(-c2nccc3ccccc23)c1.[Ir]. The number of aryl methyl sites for hydroxylation is 1. The molecule has 3 aromatic rings. The van der Waals surface area contributed by atoms with E-state index in [1.165, 1.54) is 36.3 Å². The molecule has 0 aliphatic carbocycles. The van der Waals surface area contributed by atoms with Crippen molar-refractivity contribution in [2.24, 2.45) is 0 Å². The number of allylic oxidation sites excluding steroid dienone is 2. The molecule has 0 saturated carbocycles. The van der Waals surface area contributed by atoms with Crippen LogP contribution in [0.25, 0.3) is 22.0 Å². The van der Waals surface area contributed by atoms with Gasteiger partial charge in [0, 0.05) is 32.4 Å². The Bertz CT molecular complexity index is 878. The molecule has 3 nitrogen and oxygen atoms in total. The van der Waals surface area contributed by atoms with Crippen molar-refractivity contribution in [2.75, 3.05) is 0 Å². The fourth-order valence-corrected chi connectivity index (χ4v) is 2.35. The Kier molecular flexibility index (Phi) is 8.20. The van der Waals surface area contributed by atoms with E-state index >= 15 is 0 Å². The van der Waals surface area contributed by atoms with Crippen molar-refractivity contribution < 1.29 is 30.0 Å². The van der Waals surface area contributed by atoms with E-state index < -0.39 is 0 Å². The van der Waals surface area contributed by atoms with Crippen molar-refractivity contribution in [3.63, 3.8) is 0 Å². The van der Waals surface area contributed by atoms with Gasteiger partial charge < -0.3 is 10.1 Å². The first kappa shape index (κ1) is 20.8. The topological polar surface area (TPSA) is 50.2 Å². The van der Waals surface area contributed by atoms with E-state index in [0.717, 1.165) is 11.3 Å². The van der Waals surface area contributed by atoms with Crippen molar-refractivity contribution in [3.8, 4) is 11.3 Å². The van der Waals surface area contributed by atoms with Gasteiger partial charge >= 0.3 is 0 Å². The summed E-state index contributed by atoms with van der Waals surface area (Å²) in [6, 6.07) is 19.7. The molecule has 0 unspecified atom stereocenters. The number of benzene rings is 2. The molecule has 131 valence electrons. The number of carbonyl (C=O) groups is 1. The molecule has 1 heterocycles. The van der Waals surface area contributed by atoms with E-state index in [4.69, 9.17) is 5.11 Å². The summed E-state index contributed by atoms with van der Waals surface area (Å²) in [5.41, 5.74) is 3.29. The summed E-state index contributed by atoms with van der Waals surface area (Å²) in [5.74, 6) is -0.0625. The fraction of sp³-hybridized carbons (Fsp3) is 0.143. The summed E-state index contributed by atoms with van der Waals surface area (Å²) in [7, 11) is 0. The molecule has 0 saturated heterocycles. The Balaban J connectivity index is 0.000000339. The minimum Gasteiger partial charge on any atom is -0.512 e. The van der Waals surface area contributed by atoms with E-state index in [1.807, 2.05) is 30.5 Å². The summed E-state index contributed by atoms with van der Waals surface area (Å²) in [4.78, 5) is 14.5. The number of pyridine rings is 1. The van der Waals surface area contributed by atoms with Gasteiger partial charge in [-0.3, -0.25) is 4.79 Å². The normalized spacial score (nSPS) is 10.4. The number of nitrogens with zero attached hydrogens (tertiary/aromatic N) is 1. The molecular formula is C21H20IrNO2-. The van der Waals surface area contributed by atoms with Crippen LogP contribution in [0.4, 0.5) is 0 Å². The van der Waals surface area contributed by atoms with Gasteiger partial charge in [0.1, 0.15) is 0 Å². The standard InChI is InChI=1S/C16H12N.C5H8O2.Ir/c1-12-5-4-7-14(11-12)16-15-8-3-2-6-13(15)9-10-17-16;1-4(6)3-5(2)7;/h2-6,8-11H,1H3;3,6H,1-2H3;/q-1;;. The van der Waals surface area contributed by atoms with E-state index in [-0.39, 0.29) is 31.6 Å².